The van der Waals surface area contributed by atoms with E-state index in [0.29, 0.717) is 12.1 Å². The molecule has 0 aliphatic rings. The zero-order valence-corrected chi connectivity index (χ0v) is 16.7. The van der Waals surface area contributed by atoms with Gasteiger partial charge in [0.25, 0.3) is 0 Å². The van der Waals surface area contributed by atoms with Gasteiger partial charge in [-0.2, -0.15) is 18.3 Å². The molecule has 148 valence electrons. The number of nitrogens with zero attached hydrogens (tertiary/aromatic N) is 3. The van der Waals surface area contributed by atoms with Gasteiger partial charge in [0.15, 0.2) is 0 Å². The van der Waals surface area contributed by atoms with Crippen molar-refractivity contribution >= 4 is 46.0 Å². The molecule has 1 unspecified atom stereocenters. The van der Waals surface area contributed by atoms with Crippen molar-refractivity contribution in [1.29, 1.82) is 0 Å². The van der Waals surface area contributed by atoms with E-state index in [2.05, 4.69) is 10.3 Å². The van der Waals surface area contributed by atoms with Crippen molar-refractivity contribution in [1.82, 2.24) is 9.78 Å². The summed E-state index contributed by atoms with van der Waals surface area (Å²) >= 11 is 12.0. The van der Waals surface area contributed by atoms with Crippen LogP contribution in [0.15, 0.2) is 22.2 Å². The predicted octanol–water partition coefficient (Wildman–Crippen LogP) is 4.28. The fourth-order valence-electron chi connectivity index (χ4n) is 2.12. The summed E-state index contributed by atoms with van der Waals surface area (Å²) < 4.78 is 51.8. The molecule has 12 heteroatoms. The fourth-order valence-corrected chi connectivity index (χ4v) is 3.53. The fraction of sp³-hybridized carbons (Fsp3) is 0.333. The van der Waals surface area contributed by atoms with E-state index >= 15 is 0 Å². The van der Waals surface area contributed by atoms with E-state index in [-0.39, 0.29) is 38.2 Å². The third-order valence-corrected chi connectivity index (χ3v) is 4.76. The van der Waals surface area contributed by atoms with Crippen LogP contribution in [0.4, 0.5) is 19.0 Å². The van der Waals surface area contributed by atoms with Crippen molar-refractivity contribution in [3.05, 3.63) is 33.4 Å². The molecule has 6 nitrogen and oxygen atoms in total. The van der Waals surface area contributed by atoms with Crippen molar-refractivity contribution in [3.63, 3.8) is 0 Å². The highest BCUT2D eigenvalue weighted by Crippen LogP contribution is 2.38. The maximum absolute atomic E-state index is 12.9. The summed E-state index contributed by atoms with van der Waals surface area (Å²) in [6.45, 7) is 3.51. The Balaban J connectivity index is 2.63. The van der Waals surface area contributed by atoms with Gasteiger partial charge in [0.1, 0.15) is 28.2 Å². The first kappa shape index (κ1) is 21.5. The highest BCUT2D eigenvalue weighted by Gasteiger charge is 2.33. The molecular weight excluding hydrogens is 428 g/mol. The predicted molar refractivity (Wildman–Crippen MR) is 99.1 cm³/mol. The molecule has 0 saturated heterocycles. The number of nitrogens with two attached hydrogens (primary N) is 1. The number of rotatable bonds is 5. The zero-order valence-electron chi connectivity index (χ0n) is 14.3. The van der Waals surface area contributed by atoms with Gasteiger partial charge in [-0.1, -0.05) is 28.4 Å². The molecule has 1 atom stereocenters. The first-order valence-corrected chi connectivity index (χ1v) is 9.72. The number of halogens is 5. The minimum absolute atomic E-state index is 0.0695. The highest BCUT2D eigenvalue weighted by atomic mass is 35.5. The number of hydrogen-bond acceptors (Lipinski definition) is 5. The van der Waals surface area contributed by atoms with Crippen molar-refractivity contribution in [2.45, 2.75) is 31.0 Å². The minimum atomic E-state index is -4.62. The Kier molecular flexibility index (Phi) is 6.43. The molecule has 2 N–H and O–H groups in total. The molecule has 1 heterocycles. The molecule has 1 aromatic heterocycles. The molecule has 0 saturated carbocycles. The molecule has 2 aromatic rings. The second-order valence-corrected chi connectivity index (χ2v) is 7.77. The number of anilines is 1. The molecule has 1 aromatic carbocycles. The summed E-state index contributed by atoms with van der Waals surface area (Å²) in [6, 6.07) is 1.42. The van der Waals surface area contributed by atoms with Crippen LogP contribution in [0, 0.1) is 0 Å². The molecule has 0 aliphatic heterocycles. The van der Waals surface area contributed by atoms with Gasteiger partial charge >= 0.3 is 6.18 Å². The van der Waals surface area contributed by atoms with E-state index in [0.717, 1.165) is 4.68 Å². The Hall–Kier alpha value is -1.78. The maximum Gasteiger partial charge on any atom is 0.416 e. The number of nitrogen functional groups attached to an aromatic ring is 1. The van der Waals surface area contributed by atoms with Crippen LogP contribution >= 0.6 is 23.2 Å². The average molecular weight is 443 g/mol. The van der Waals surface area contributed by atoms with Gasteiger partial charge in [-0.05, 0) is 26.0 Å². The van der Waals surface area contributed by atoms with Gasteiger partial charge in [0, 0.05) is 6.26 Å². The van der Waals surface area contributed by atoms with Gasteiger partial charge < -0.3 is 10.6 Å². The van der Waals surface area contributed by atoms with Crippen LogP contribution in [0.3, 0.4) is 0 Å². The highest BCUT2D eigenvalue weighted by molar-refractivity contribution is 7.84. The summed E-state index contributed by atoms with van der Waals surface area (Å²) in [5.41, 5.74) is 5.02. The van der Waals surface area contributed by atoms with E-state index in [1.54, 1.807) is 13.8 Å². The Bertz CT molecular complexity index is 890. The third-order valence-electron chi connectivity index (χ3n) is 3.19. The summed E-state index contributed by atoms with van der Waals surface area (Å²) in [4.78, 5) is 5.16. The topological polar surface area (TPSA) is 82.5 Å². The van der Waals surface area contributed by atoms with Gasteiger partial charge in [-0.25, -0.2) is 4.68 Å². The van der Waals surface area contributed by atoms with E-state index in [1.807, 2.05) is 0 Å². The van der Waals surface area contributed by atoms with Gasteiger partial charge in [0.05, 0.1) is 32.6 Å². The second-order valence-electron chi connectivity index (χ2n) is 5.64. The molecule has 0 aliphatic carbocycles. The molecule has 27 heavy (non-hydrogen) atoms. The SMILES string of the molecule is CC(C)O/N=C/c1nn(-c2c(Cl)cc(C(F)(F)F)cc2Cl)c(N)c1S(C)=O. The van der Waals surface area contributed by atoms with Gasteiger partial charge in [-0.15, -0.1) is 0 Å². The lowest BCUT2D eigenvalue weighted by atomic mass is 10.2. The Morgan fingerprint density at radius 1 is 1.33 bits per heavy atom. The molecule has 0 bridgehead atoms. The Morgan fingerprint density at radius 3 is 2.33 bits per heavy atom. The summed E-state index contributed by atoms with van der Waals surface area (Å²) in [7, 11) is -1.57. The molecule has 0 amide bonds. The van der Waals surface area contributed by atoms with Crippen LogP contribution in [-0.2, 0) is 21.8 Å². The summed E-state index contributed by atoms with van der Waals surface area (Å²) in [5, 5.41) is 7.21. The minimum Gasteiger partial charge on any atom is -0.393 e. The van der Waals surface area contributed by atoms with Gasteiger partial charge in [-0.3, -0.25) is 4.21 Å². The number of aromatic nitrogens is 2. The zero-order chi connectivity index (χ0) is 20.5. The van der Waals surface area contributed by atoms with Crippen molar-refractivity contribution in [2.24, 2.45) is 5.16 Å². The summed E-state index contributed by atoms with van der Waals surface area (Å²) in [5.74, 6) is -0.0922. The maximum atomic E-state index is 12.9. The van der Waals surface area contributed by atoms with E-state index < -0.39 is 22.5 Å². The standard InChI is InChI=1S/C15H15Cl2F3N4O2S/c1-7(2)26-22-6-11-13(27(3)25)14(21)24(23-11)12-9(16)4-8(5-10(12)17)15(18,19)20/h4-7H,21H2,1-3H3/b22-6+. The van der Waals surface area contributed by atoms with Crippen LogP contribution in [-0.4, -0.2) is 32.6 Å². The van der Waals surface area contributed by atoms with Crippen molar-refractivity contribution in [2.75, 3.05) is 12.0 Å². The normalized spacial score (nSPS) is 13.5. The number of benzene rings is 1. The first-order chi connectivity index (χ1) is 12.4. The lowest BCUT2D eigenvalue weighted by molar-refractivity contribution is -0.137. The largest absolute Gasteiger partial charge is 0.416 e. The van der Waals surface area contributed by atoms with Crippen LogP contribution < -0.4 is 5.73 Å². The molecule has 0 radical (unpaired) electrons. The average Bonchev–Trinajstić information content (AvgIpc) is 2.82. The van der Waals surface area contributed by atoms with Crippen LogP contribution in [0.5, 0.6) is 0 Å². The number of alkyl halides is 3. The van der Waals surface area contributed by atoms with E-state index in [1.165, 1.54) is 12.5 Å². The van der Waals surface area contributed by atoms with Gasteiger partial charge in [0.2, 0.25) is 0 Å². The second kappa shape index (κ2) is 8.07. The lowest BCUT2D eigenvalue weighted by Gasteiger charge is -2.13. The Labute approximate surface area is 165 Å². The molecule has 2 rings (SSSR count). The number of hydrogen-bond donors (Lipinski definition) is 1. The monoisotopic (exact) mass is 442 g/mol. The lowest BCUT2D eigenvalue weighted by Crippen LogP contribution is -2.09. The Morgan fingerprint density at radius 2 is 1.89 bits per heavy atom. The quantitative estimate of drug-likeness (QED) is 0.553. The van der Waals surface area contributed by atoms with E-state index in [4.69, 9.17) is 33.8 Å². The van der Waals surface area contributed by atoms with Crippen LogP contribution in [0.25, 0.3) is 5.69 Å². The van der Waals surface area contributed by atoms with Crippen molar-refractivity contribution < 1.29 is 22.2 Å². The first-order valence-electron chi connectivity index (χ1n) is 7.41. The number of oxime groups is 1. The van der Waals surface area contributed by atoms with E-state index in [9.17, 15) is 17.4 Å². The smallest absolute Gasteiger partial charge is 0.393 e. The summed E-state index contributed by atoms with van der Waals surface area (Å²) in [6.07, 6.45) is -2.25. The van der Waals surface area contributed by atoms with Crippen LogP contribution in [0.1, 0.15) is 25.1 Å². The molecular formula is C15H15Cl2F3N4O2S. The third kappa shape index (κ3) is 4.74. The van der Waals surface area contributed by atoms with Crippen LogP contribution in [0.2, 0.25) is 10.0 Å². The van der Waals surface area contributed by atoms with Crippen molar-refractivity contribution in [3.8, 4) is 5.69 Å². The molecule has 0 spiro atoms. The molecule has 0 fully saturated rings.